The van der Waals surface area contributed by atoms with Gasteiger partial charge in [-0.2, -0.15) is 0 Å². The summed E-state index contributed by atoms with van der Waals surface area (Å²) in [5.41, 5.74) is 0.797. The van der Waals surface area contributed by atoms with E-state index in [1.54, 1.807) is 12.1 Å². The van der Waals surface area contributed by atoms with Crippen LogP contribution in [-0.2, 0) is 4.79 Å². The third-order valence-corrected chi connectivity index (χ3v) is 3.62. The fraction of sp³-hybridized carbons (Fsp3) is 0.500. The van der Waals surface area contributed by atoms with Crippen LogP contribution in [0.25, 0.3) is 0 Å². The molecule has 0 unspecified atom stereocenters. The molecule has 0 spiro atoms. The number of carbonyl (C=O) groups excluding carboxylic acids is 1. The van der Waals surface area contributed by atoms with Gasteiger partial charge in [-0.05, 0) is 31.0 Å². The van der Waals surface area contributed by atoms with Crippen LogP contribution in [0.15, 0.2) is 18.2 Å². The van der Waals surface area contributed by atoms with E-state index in [1.807, 2.05) is 24.8 Å². The van der Waals surface area contributed by atoms with E-state index in [0.29, 0.717) is 18.2 Å². The molecule has 4 heteroatoms. The standard InChI is InChI=1S/C14H18ClNO2/c1-3-10(4-2)14(17)16-7-8-18-13-6-5-11(15)9-12(13)16/h5-6,9-10H,3-4,7-8H2,1-2H3. The van der Waals surface area contributed by atoms with Crippen LogP contribution in [0.5, 0.6) is 5.75 Å². The van der Waals surface area contributed by atoms with Crippen molar-refractivity contribution in [3.05, 3.63) is 23.2 Å². The first-order valence-corrected chi connectivity index (χ1v) is 6.78. The van der Waals surface area contributed by atoms with Crippen molar-refractivity contribution in [1.29, 1.82) is 0 Å². The molecule has 1 amide bonds. The van der Waals surface area contributed by atoms with Gasteiger partial charge in [0.2, 0.25) is 5.91 Å². The molecule has 98 valence electrons. The first-order valence-electron chi connectivity index (χ1n) is 6.41. The third-order valence-electron chi connectivity index (χ3n) is 3.39. The second-order valence-electron chi connectivity index (χ2n) is 4.46. The molecule has 0 N–H and O–H groups in total. The summed E-state index contributed by atoms with van der Waals surface area (Å²) in [4.78, 5) is 14.3. The lowest BCUT2D eigenvalue weighted by molar-refractivity contribution is -0.122. The summed E-state index contributed by atoms with van der Waals surface area (Å²) in [5.74, 6) is 0.992. The van der Waals surface area contributed by atoms with Gasteiger partial charge in [-0.15, -0.1) is 0 Å². The maximum Gasteiger partial charge on any atom is 0.230 e. The predicted molar refractivity (Wildman–Crippen MR) is 73.4 cm³/mol. The number of benzene rings is 1. The van der Waals surface area contributed by atoms with Crippen LogP contribution in [-0.4, -0.2) is 19.1 Å². The van der Waals surface area contributed by atoms with Crippen LogP contribution in [0.4, 0.5) is 5.69 Å². The van der Waals surface area contributed by atoms with E-state index < -0.39 is 0 Å². The Morgan fingerprint density at radius 2 is 2.17 bits per heavy atom. The summed E-state index contributed by atoms with van der Waals surface area (Å²) in [6.45, 7) is 5.24. The molecule has 0 bridgehead atoms. The first-order chi connectivity index (χ1) is 8.67. The van der Waals surface area contributed by atoms with Gasteiger partial charge in [0.1, 0.15) is 12.4 Å². The van der Waals surface area contributed by atoms with E-state index in [4.69, 9.17) is 16.3 Å². The van der Waals surface area contributed by atoms with Gasteiger partial charge in [-0.1, -0.05) is 25.4 Å². The average Bonchev–Trinajstić information content (AvgIpc) is 2.39. The number of ether oxygens (including phenoxy) is 1. The van der Waals surface area contributed by atoms with Gasteiger partial charge in [0.25, 0.3) is 0 Å². The summed E-state index contributed by atoms with van der Waals surface area (Å²) in [5, 5.41) is 0.626. The highest BCUT2D eigenvalue weighted by Crippen LogP contribution is 2.35. The molecule has 0 aliphatic carbocycles. The summed E-state index contributed by atoms with van der Waals surface area (Å²) in [6.07, 6.45) is 1.73. The SMILES string of the molecule is CCC(CC)C(=O)N1CCOc2ccc(Cl)cc21. The van der Waals surface area contributed by atoms with E-state index in [1.165, 1.54) is 0 Å². The number of carbonyl (C=O) groups is 1. The third kappa shape index (κ3) is 2.46. The van der Waals surface area contributed by atoms with Gasteiger partial charge in [0.15, 0.2) is 0 Å². The normalized spacial score (nSPS) is 14.3. The topological polar surface area (TPSA) is 29.5 Å². The first kappa shape index (κ1) is 13.2. The monoisotopic (exact) mass is 267 g/mol. The van der Waals surface area contributed by atoms with E-state index in [-0.39, 0.29) is 11.8 Å². The number of fused-ring (bicyclic) bond motifs is 1. The fourth-order valence-electron chi connectivity index (χ4n) is 2.28. The minimum Gasteiger partial charge on any atom is -0.490 e. The van der Waals surface area contributed by atoms with Gasteiger partial charge in [0.05, 0.1) is 12.2 Å². The molecule has 0 saturated carbocycles. The van der Waals surface area contributed by atoms with Crippen molar-refractivity contribution >= 4 is 23.2 Å². The minimum atomic E-state index is 0.0786. The molecule has 0 fully saturated rings. The molecule has 0 radical (unpaired) electrons. The molecule has 1 aromatic carbocycles. The summed E-state index contributed by atoms with van der Waals surface area (Å²) < 4.78 is 5.55. The van der Waals surface area contributed by atoms with Crippen LogP contribution >= 0.6 is 11.6 Å². The molecular weight excluding hydrogens is 250 g/mol. The van der Waals surface area contributed by atoms with Gasteiger partial charge in [-0.25, -0.2) is 0 Å². The van der Waals surface area contributed by atoms with Gasteiger partial charge in [0, 0.05) is 10.9 Å². The molecule has 1 aliphatic rings. The molecule has 0 atom stereocenters. The lowest BCUT2D eigenvalue weighted by Crippen LogP contribution is -2.41. The van der Waals surface area contributed by atoms with E-state index in [2.05, 4.69) is 0 Å². The highest BCUT2D eigenvalue weighted by atomic mass is 35.5. The van der Waals surface area contributed by atoms with Crippen molar-refractivity contribution in [1.82, 2.24) is 0 Å². The summed E-state index contributed by atoms with van der Waals surface area (Å²) in [6, 6.07) is 5.41. The van der Waals surface area contributed by atoms with Crippen LogP contribution in [0.1, 0.15) is 26.7 Å². The van der Waals surface area contributed by atoms with Crippen LogP contribution < -0.4 is 9.64 Å². The zero-order valence-electron chi connectivity index (χ0n) is 10.8. The minimum absolute atomic E-state index is 0.0786. The second-order valence-corrected chi connectivity index (χ2v) is 4.90. The Kier molecular flexibility index (Phi) is 4.12. The number of hydrogen-bond acceptors (Lipinski definition) is 2. The van der Waals surface area contributed by atoms with Crippen LogP contribution in [0.3, 0.4) is 0 Å². The van der Waals surface area contributed by atoms with Crippen molar-refractivity contribution in [3.8, 4) is 5.75 Å². The Bertz CT molecular complexity index is 443. The molecule has 18 heavy (non-hydrogen) atoms. The number of anilines is 1. The molecule has 1 heterocycles. The predicted octanol–water partition coefficient (Wildman–Crippen LogP) is 3.50. The molecule has 2 rings (SSSR count). The lowest BCUT2D eigenvalue weighted by Gasteiger charge is -2.32. The van der Waals surface area contributed by atoms with Crippen molar-refractivity contribution in [3.63, 3.8) is 0 Å². The lowest BCUT2D eigenvalue weighted by atomic mass is 10.0. The average molecular weight is 268 g/mol. The van der Waals surface area contributed by atoms with Crippen molar-refractivity contribution in [2.45, 2.75) is 26.7 Å². The van der Waals surface area contributed by atoms with E-state index >= 15 is 0 Å². The smallest absolute Gasteiger partial charge is 0.230 e. The van der Waals surface area contributed by atoms with E-state index in [0.717, 1.165) is 24.3 Å². The highest BCUT2D eigenvalue weighted by Gasteiger charge is 2.27. The largest absolute Gasteiger partial charge is 0.490 e. The fourth-order valence-corrected chi connectivity index (χ4v) is 2.44. The molecule has 1 aromatic rings. The zero-order chi connectivity index (χ0) is 13.1. The zero-order valence-corrected chi connectivity index (χ0v) is 11.5. The Labute approximate surface area is 113 Å². The van der Waals surface area contributed by atoms with Crippen molar-refractivity contribution < 1.29 is 9.53 Å². The molecule has 0 aromatic heterocycles. The highest BCUT2D eigenvalue weighted by molar-refractivity contribution is 6.31. The summed E-state index contributed by atoms with van der Waals surface area (Å²) >= 11 is 6.00. The number of rotatable bonds is 3. The Morgan fingerprint density at radius 1 is 1.44 bits per heavy atom. The maximum atomic E-state index is 12.5. The number of hydrogen-bond donors (Lipinski definition) is 0. The number of amides is 1. The Balaban J connectivity index is 2.32. The van der Waals surface area contributed by atoms with E-state index in [9.17, 15) is 4.79 Å². The van der Waals surface area contributed by atoms with Crippen molar-refractivity contribution in [2.75, 3.05) is 18.1 Å². The van der Waals surface area contributed by atoms with Gasteiger partial charge < -0.3 is 9.64 Å². The van der Waals surface area contributed by atoms with Gasteiger partial charge >= 0.3 is 0 Å². The number of nitrogens with zero attached hydrogens (tertiary/aromatic N) is 1. The molecular formula is C14H18ClNO2. The van der Waals surface area contributed by atoms with Crippen LogP contribution in [0, 0.1) is 5.92 Å². The summed E-state index contributed by atoms with van der Waals surface area (Å²) in [7, 11) is 0. The van der Waals surface area contributed by atoms with Gasteiger partial charge in [-0.3, -0.25) is 4.79 Å². The second kappa shape index (κ2) is 5.61. The Morgan fingerprint density at radius 3 is 2.83 bits per heavy atom. The van der Waals surface area contributed by atoms with Crippen molar-refractivity contribution in [2.24, 2.45) is 5.92 Å². The van der Waals surface area contributed by atoms with Crippen LogP contribution in [0.2, 0.25) is 5.02 Å². The molecule has 0 saturated heterocycles. The molecule has 1 aliphatic heterocycles. The molecule has 3 nitrogen and oxygen atoms in total. The quantitative estimate of drug-likeness (QED) is 0.839. The maximum absolute atomic E-state index is 12.5. The number of halogens is 1. The Hall–Kier alpha value is -1.22.